The molecule has 1 saturated heterocycles. The minimum absolute atomic E-state index is 0. The van der Waals surface area contributed by atoms with Crippen LogP contribution in [0.1, 0.15) is 43.1 Å². The highest BCUT2D eigenvalue weighted by molar-refractivity contribution is 6.05. The molecule has 1 atom stereocenters. The number of likely N-dealkylation sites (tertiary alicyclic amines) is 1. The van der Waals surface area contributed by atoms with Crippen LogP contribution in [0.4, 0.5) is 0 Å². The topological polar surface area (TPSA) is 90.1 Å². The molecule has 0 spiro atoms. The maximum Gasteiger partial charge on any atom is 0.273 e. The Morgan fingerprint density at radius 2 is 1.93 bits per heavy atom. The Morgan fingerprint density at radius 1 is 1.21 bits per heavy atom. The molecule has 1 unspecified atom stereocenters. The fourth-order valence-corrected chi connectivity index (χ4v) is 3.70. The number of halogens is 1. The van der Waals surface area contributed by atoms with Gasteiger partial charge in [-0.25, -0.2) is 0 Å². The van der Waals surface area contributed by atoms with E-state index in [0.717, 1.165) is 49.3 Å². The first kappa shape index (κ1) is 20.6. The van der Waals surface area contributed by atoms with E-state index in [2.05, 4.69) is 20.8 Å². The van der Waals surface area contributed by atoms with Crippen LogP contribution >= 0.6 is 12.4 Å². The Hall–Kier alpha value is -2.12. The van der Waals surface area contributed by atoms with Crippen molar-refractivity contribution < 1.29 is 9.59 Å². The average Bonchev–Trinajstić information content (AvgIpc) is 3.42. The van der Waals surface area contributed by atoms with Crippen molar-refractivity contribution in [3.05, 3.63) is 30.0 Å². The number of carbonyl (C=O) groups is 2. The summed E-state index contributed by atoms with van der Waals surface area (Å²) in [7, 11) is 0. The zero-order chi connectivity index (χ0) is 18.8. The maximum absolute atomic E-state index is 12.7. The number of hydrogen-bond acceptors (Lipinski definition) is 4. The predicted molar refractivity (Wildman–Crippen MR) is 111 cm³/mol. The normalized spacial score (nSPS) is 18.5. The molecule has 7 nitrogen and oxygen atoms in total. The summed E-state index contributed by atoms with van der Waals surface area (Å²) >= 11 is 0. The molecule has 1 aromatic carbocycles. The minimum Gasteiger partial charge on any atom is -0.341 e. The lowest BCUT2D eigenvalue weighted by Gasteiger charge is -2.34. The summed E-state index contributed by atoms with van der Waals surface area (Å²) in [5.74, 6) is 0.524. The number of aromatic amines is 1. The fourth-order valence-electron chi connectivity index (χ4n) is 3.70. The minimum atomic E-state index is -0.566. The van der Waals surface area contributed by atoms with Crippen LogP contribution in [0.25, 0.3) is 10.9 Å². The Kier molecular flexibility index (Phi) is 6.57. The van der Waals surface area contributed by atoms with Crippen molar-refractivity contribution in [3.63, 3.8) is 0 Å². The summed E-state index contributed by atoms with van der Waals surface area (Å²) in [6, 6.07) is 7.41. The summed E-state index contributed by atoms with van der Waals surface area (Å²) in [6.45, 7) is 4.34. The Balaban J connectivity index is 0.00000225. The number of nitrogens with one attached hydrogen (secondary N) is 3. The van der Waals surface area contributed by atoms with Crippen molar-refractivity contribution in [2.75, 3.05) is 19.6 Å². The van der Waals surface area contributed by atoms with E-state index in [1.165, 1.54) is 12.8 Å². The molecule has 1 saturated carbocycles. The molecule has 28 heavy (non-hydrogen) atoms. The third-order valence-electron chi connectivity index (χ3n) is 5.60. The van der Waals surface area contributed by atoms with Gasteiger partial charge in [-0.1, -0.05) is 18.2 Å². The number of rotatable bonds is 6. The molecule has 2 aromatic rings. The van der Waals surface area contributed by atoms with Crippen LogP contribution in [0.15, 0.2) is 24.3 Å². The van der Waals surface area contributed by atoms with Gasteiger partial charge >= 0.3 is 0 Å². The molecule has 2 heterocycles. The van der Waals surface area contributed by atoms with Gasteiger partial charge in [-0.3, -0.25) is 14.7 Å². The molecule has 8 heteroatoms. The third kappa shape index (κ3) is 4.64. The molecule has 3 N–H and O–H groups in total. The van der Waals surface area contributed by atoms with Gasteiger partial charge in [0.05, 0.1) is 5.52 Å². The Labute approximate surface area is 171 Å². The first-order chi connectivity index (χ1) is 13.1. The van der Waals surface area contributed by atoms with Crippen molar-refractivity contribution in [2.24, 2.45) is 5.92 Å². The van der Waals surface area contributed by atoms with E-state index in [9.17, 15) is 9.59 Å². The van der Waals surface area contributed by atoms with E-state index in [-0.39, 0.29) is 24.2 Å². The van der Waals surface area contributed by atoms with Gasteiger partial charge in [-0.15, -0.1) is 12.4 Å². The van der Waals surface area contributed by atoms with Crippen LogP contribution in [0.2, 0.25) is 0 Å². The van der Waals surface area contributed by atoms with Crippen molar-refractivity contribution in [2.45, 2.75) is 44.7 Å². The summed E-state index contributed by atoms with van der Waals surface area (Å²) < 4.78 is 0. The first-order valence-corrected chi connectivity index (χ1v) is 9.88. The van der Waals surface area contributed by atoms with Crippen molar-refractivity contribution in [1.82, 2.24) is 25.7 Å². The quantitative estimate of drug-likeness (QED) is 0.686. The zero-order valence-electron chi connectivity index (χ0n) is 16.1. The fraction of sp³-hybridized carbons (Fsp3) is 0.550. The second-order valence-electron chi connectivity index (χ2n) is 7.76. The van der Waals surface area contributed by atoms with E-state index in [4.69, 9.17) is 0 Å². The lowest BCUT2D eigenvalue weighted by atomic mass is 10.0. The van der Waals surface area contributed by atoms with E-state index in [0.29, 0.717) is 11.7 Å². The lowest BCUT2D eigenvalue weighted by Crippen LogP contribution is -2.51. The second kappa shape index (κ2) is 8.92. The molecule has 1 aliphatic heterocycles. The van der Waals surface area contributed by atoms with Gasteiger partial charge in [-0.05, 0) is 51.1 Å². The number of para-hydroxylation sites is 1. The standard InChI is InChI=1S/C20H27N5O2.ClH/c1-13(22-19(26)18-16-4-2-3-5-17(16)23-24-18)20(27)25-10-8-15(9-11-25)21-12-14-6-7-14;/h2-5,13-15,21H,6-12H2,1H3,(H,22,26)(H,23,24);1H. The number of piperidine rings is 1. The molecule has 0 radical (unpaired) electrons. The van der Waals surface area contributed by atoms with Crippen LogP contribution in [0.5, 0.6) is 0 Å². The van der Waals surface area contributed by atoms with Crippen LogP contribution in [-0.2, 0) is 4.79 Å². The highest BCUT2D eigenvalue weighted by Gasteiger charge is 2.29. The number of hydrogen-bond donors (Lipinski definition) is 3. The van der Waals surface area contributed by atoms with E-state index in [1.807, 2.05) is 29.2 Å². The average molecular weight is 406 g/mol. The van der Waals surface area contributed by atoms with E-state index in [1.54, 1.807) is 6.92 Å². The summed E-state index contributed by atoms with van der Waals surface area (Å²) in [5, 5.41) is 14.1. The predicted octanol–water partition coefficient (Wildman–Crippen LogP) is 2.09. The number of benzene rings is 1. The monoisotopic (exact) mass is 405 g/mol. The number of carbonyl (C=O) groups excluding carboxylic acids is 2. The van der Waals surface area contributed by atoms with Gasteiger partial charge in [0.2, 0.25) is 5.91 Å². The SMILES string of the molecule is CC(NC(=O)c1n[nH]c2ccccc12)C(=O)N1CCC(NCC2CC2)CC1.Cl. The first-order valence-electron chi connectivity index (χ1n) is 9.88. The smallest absolute Gasteiger partial charge is 0.273 e. The molecule has 2 fully saturated rings. The van der Waals surface area contributed by atoms with E-state index >= 15 is 0 Å². The number of fused-ring (bicyclic) bond motifs is 1. The van der Waals surface area contributed by atoms with Crippen molar-refractivity contribution >= 4 is 35.1 Å². The highest BCUT2D eigenvalue weighted by Crippen LogP contribution is 2.28. The zero-order valence-corrected chi connectivity index (χ0v) is 16.9. The van der Waals surface area contributed by atoms with Crippen LogP contribution < -0.4 is 10.6 Å². The van der Waals surface area contributed by atoms with Gasteiger partial charge in [0.1, 0.15) is 6.04 Å². The molecule has 2 amide bonds. The molecular weight excluding hydrogens is 378 g/mol. The molecule has 4 rings (SSSR count). The molecule has 1 aromatic heterocycles. The van der Waals surface area contributed by atoms with Crippen LogP contribution in [-0.4, -0.2) is 58.6 Å². The number of nitrogens with zero attached hydrogens (tertiary/aromatic N) is 2. The van der Waals surface area contributed by atoms with Crippen molar-refractivity contribution in [1.29, 1.82) is 0 Å². The lowest BCUT2D eigenvalue weighted by molar-refractivity contribution is -0.133. The molecule has 1 aliphatic carbocycles. The van der Waals surface area contributed by atoms with Gasteiger partial charge in [0.15, 0.2) is 5.69 Å². The number of aromatic nitrogens is 2. The molecular formula is C20H28ClN5O2. The molecule has 0 bridgehead atoms. The van der Waals surface area contributed by atoms with Gasteiger partial charge in [0.25, 0.3) is 5.91 Å². The summed E-state index contributed by atoms with van der Waals surface area (Å²) in [5.41, 5.74) is 1.13. The highest BCUT2D eigenvalue weighted by atomic mass is 35.5. The molecule has 152 valence electrons. The maximum atomic E-state index is 12.7. The van der Waals surface area contributed by atoms with E-state index < -0.39 is 6.04 Å². The van der Waals surface area contributed by atoms with Gasteiger partial charge < -0.3 is 15.5 Å². The number of amides is 2. The second-order valence-corrected chi connectivity index (χ2v) is 7.76. The summed E-state index contributed by atoms with van der Waals surface area (Å²) in [6.07, 6.45) is 4.66. The van der Waals surface area contributed by atoms with Crippen LogP contribution in [0.3, 0.4) is 0 Å². The van der Waals surface area contributed by atoms with Crippen LogP contribution in [0, 0.1) is 5.92 Å². The Morgan fingerprint density at radius 3 is 2.64 bits per heavy atom. The molecule has 2 aliphatic rings. The summed E-state index contributed by atoms with van der Waals surface area (Å²) in [4.78, 5) is 27.1. The number of H-pyrrole nitrogens is 1. The largest absolute Gasteiger partial charge is 0.341 e. The third-order valence-corrected chi connectivity index (χ3v) is 5.60. The van der Waals surface area contributed by atoms with Gasteiger partial charge in [0, 0.05) is 24.5 Å². The van der Waals surface area contributed by atoms with Crippen molar-refractivity contribution in [3.8, 4) is 0 Å². The van der Waals surface area contributed by atoms with Gasteiger partial charge in [-0.2, -0.15) is 5.10 Å². The Bertz CT molecular complexity index is 827.